The number of hydrogen-bond donors (Lipinski definition) is 2. The molecule has 0 bridgehead atoms. The van der Waals surface area contributed by atoms with E-state index in [1.807, 2.05) is 18.2 Å². The van der Waals surface area contributed by atoms with Gasteiger partial charge in [0.25, 0.3) is 11.8 Å². The molecule has 2 N–H and O–H groups in total. The van der Waals surface area contributed by atoms with Crippen molar-refractivity contribution < 1.29 is 23.8 Å². The summed E-state index contributed by atoms with van der Waals surface area (Å²) in [5, 5.41) is 15.9. The van der Waals surface area contributed by atoms with Gasteiger partial charge >= 0.3 is 0 Å². The topological polar surface area (TPSA) is 122 Å². The normalized spacial score (nSPS) is 11.3. The van der Waals surface area contributed by atoms with Crippen LogP contribution in [0.4, 0.5) is 0 Å². The third-order valence-electron chi connectivity index (χ3n) is 5.24. The van der Waals surface area contributed by atoms with Crippen molar-refractivity contribution in [1.29, 1.82) is 5.26 Å². The summed E-state index contributed by atoms with van der Waals surface area (Å²) in [5.74, 6) is 0.783. The zero-order valence-corrected chi connectivity index (χ0v) is 22.6. The van der Waals surface area contributed by atoms with Gasteiger partial charge in [-0.1, -0.05) is 18.2 Å². The first-order chi connectivity index (χ1) is 17.9. The molecule has 1 unspecified atom stereocenters. The lowest BCUT2D eigenvalue weighted by Crippen LogP contribution is -2.43. The van der Waals surface area contributed by atoms with Gasteiger partial charge in [-0.25, -0.2) is 5.43 Å². The van der Waals surface area contributed by atoms with Crippen LogP contribution in [0.1, 0.15) is 34.0 Å². The number of methoxy groups -OCH3 is 2. The van der Waals surface area contributed by atoms with Gasteiger partial charge in [-0.15, -0.1) is 0 Å². The van der Waals surface area contributed by atoms with Gasteiger partial charge in [0.1, 0.15) is 18.4 Å². The predicted molar refractivity (Wildman–Crippen MR) is 147 cm³/mol. The Kier molecular flexibility index (Phi) is 9.85. The second-order valence-electron chi connectivity index (χ2n) is 7.75. The largest absolute Gasteiger partial charge is 0.497 e. The summed E-state index contributed by atoms with van der Waals surface area (Å²) < 4.78 is 17.3. The fourth-order valence-corrected chi connectivity index (χ4v) is 4.00. The van der Waals surface area contributed by atoms with E-state index >= 15 is 0 Å². The number of nitriles is 1. The number of rotatable bonds is 10. The molecule has 0 aliphatic rings. The molecule has 37 heavy (non-hydrogen) atoms. The van der Waals surface area contributed by atoms with E-state index < -0.39 is 11.9 Å². The van der Waals surface area contributed by atoms with Gasteiger partial charge in [-0.05, 0) is 77.5 Å². The van der Waals surface area contributed by atoms with Gasteiger partial charge in [0.15, 0.2) is 11.5 Å². The van der Waals surface area contributed by atoms with Crippen LogP contribution in [-0.4, -0.2) is 38.3 Å². The van der Waals surface area contributed by atoms with Crippen LogP contribution in [0, 0.1) is 14.9 Å². The van der Waals surface area contributed by atoms with E-state index in [9.17, 15) is 14.9 Å². The van der Waals surface area contributed by atoms with Gasteiger partial charge in [-0.2, -0.15) is 10.4 Å². The smallest absolute Gasteiger partial charge is 0.262 e. The van der Waals surface area contributed by atoms with Crippen molar-refractivity contribution in [3.05, 3.63) is 86.5 Å². The Labute approximate surface area is 228 Å². The Morgan fingerprint density at radius 2 is 1.84 bits per heavy atom. The number of amides is 2. The Balaban J connectivity index is 1.60. The Morgan fingerprint density at radius 3 is 2.51 bits per heavy atom. The second-order valence-corrected chi connectivity index (χ2v) is 8.91. The average Bonchev–Trinajstić information content (AvgIpc) is 2.92. The standard InChI is InChI=1S/C27H25IN4O5/c1-17(31-27(34)19-8-10-22(35-2)11-9-19)26(33)32-30-15-18-12-23(28)25(24(13-18)36-3)37-16-21-7-5-4-6-20(21)14-29/h4-13,15,17H,16H2,1-3H3,(H,31,34)(H,32,33). The summed E-state index contributed by atoms with van der Waals surface area (Å²) in [7, 11) is 3.07. The molecule has 0 aromatic heterocycles. The zero-order chi connectivity index (χ0) is 26.8. The van der Waals surface area contributed by atoms with Crippen LogP contribution in [0.25, 0.3) is 0 Å². The maximum absolute atomic E-state index is 12.4. The second kappa shape index (κ2) is 13.3. The molecule has 0 saturated carbocycles. The molecule has 0 aliphatic heterocycles. The highest BCUT2D eigenvalue weighted by Gasteiger charge is 2.17. The minimum absolute atomic E-state index is 0.208. The van der Waals surface area contributed by atoms with E-state index in [2.05, 4.69) is 44.5 Å². The molecule has 1 atom stereocenters. The lowest BCUT2D eigenvalue weighted by molar-refractivity contribution is -0.122. The molecule has 0 radical (unpaired) electrons. The van der Waals surface area contributed by atoms with Crippen LogP contribution in [0.3, 0.4) is 0 Å². The zero-order valence-electron chi connectivity index (χ0n) is 20.4. The predicted octanol–water partition coefficient (Wildman–Crippen LogP) is 4.03. The van der Waals surface area contributed by atoms with Gasteiger partial charge in [0.05, 0.1) is 35.6 Å². The summed E-state index contributed by atoms with van der Waals surface area (Å²) >= 11 is 2.12. The van der Waals surface area contributed by atoms with Crippen molar-refractivity contribution in [2.75, 3.05) is 14.2 Å². The van der Waals surface area contributed by atoms with Gasteiger partial charge in [-0.3, -0.25) is 9.59 Å². The number of ether oxygens (including phenoxy) is 3. The van der Waals surface area contributed by atoms with Gasteiger partial charge in [0.2, 0.25) is 0 Å². The van der Waals surface area contributed by atoms with Crippen molar-refractivity contribution in [2.45, 2.75) is 19.6 Å². The van der Waals surface area contributed by atoms with Crippen LogP contribution in [0.2, 0.25) is 0 Å². The molecule has 0 aliphatic carbocycles. The molecule has 2 amide bonds. The maximum atomic E-state index is 12.4. The molecule has 3 aromatic rings. The number of benzene rings is 3. The van der Waals surface area contributed by atoms with Crippen LogP contribution < -0.4 is 25.0 Å². The molecule has 10 heteroatoms. The van der Waals surface area contributed by atoms with E-state index in [0.717, 1.165) is 9.13 Å². The van der Waals surface area contributed by atoms with Crippen LogP contribution >= 0.6 is 22.6 Å². The highest BCUT2D eigenvalue weighted by Crippen LogP contribution is 2.34. The quantitative estimate of drug-likeness (QED) is 0.203. The lowest BCUT2D eigenvalue weighted by atomic mass is 10.1. The summed E-state index contributed by atoms with van der Waals surface area (Å²) in [6, 6.07) is 18.7. The summed E-state index contributed by atoms with van der Waals surface area (Å²) in [6.45, 7) is 1.77. The first-order valence-electron chi connectivity index (χ1n) is 11.1. The van der Waals surface area contributed by atoms with E-state index in [4.69, 9.17) is 14.2 Å². The van der Waals surface area contributed by atoms with E-state index in [1.54, 1.807) is 56.5 Å². The number of carbonyl (C=O) groups is 2. The average molecular weight is 612 g/mol. The van der Waals surface area contributed by atoms with Gasteiger partial charge in [0, 0.05) is 11.1 Å². The molecule has 3 aromatic carbocycles. The van der Waals surface area contributed by atoms with E-state index in [-0.39, 0.29) is 12.5 Å². The van der Waals surface area contributed by atoms with Crippen LogP contribution in [0.5, 0.6) is 17.2 Å². The van der Waals surface area contributed by atoms with Crippen LogP contribution in [-0.2, 0) is 11.4 Å². The Hall–Kier alpha value is -4.11. The fourth-order valence-electron chi connectivity index (χ4n) is 3.21. The van der Waals surface area contributed by atoms with Crippen molar-refractivity contribution in [1.82, 2.24) is 10.7 Å². The molecular weight excluding hydrogens is 587 g/mol. The fraction of sp³-hybridized carbons (Fsp3) is 0.185. The molecule has 0 spiro atoms. The first-order valence-corrected chi connectivity index (χ1v) is 12.2. The molecule has 0 fully saturated rings. The molecule has 190 valence electrons. The highest BCUT2D eigenvalue weighted by molar-refractivity contribution is 14.1. The minimum Gasteiger partial charge on any atom is -0.497 e. The Bertz CT molecular complexity index is 1340. The number of carbonyl (C=O) groups excluding carboxylic acids is 2. The molecule has 9 nitrogen and oxygen atoms in total. The summed E-state index contributed by atoms with van der Waals surface area (Å²) in [4.78, 5) is 24.7. The maximum Gasteiger partial charge on any atom is 0.262 e. The summed E-state index contributed by atoms with van der Waals surface area (Å²) in [6.07, 6.45) is 1.47. The van der Waals surface area contributed by atoms with Crippen molar-refractivity contribution >= 4 is 40.6 Å². The Morgan fingerprint density at radius 1 is 1.11 bits per heavy atom. The number of halogens is 1. The van der Waals surface area contributed by atoms with Crippen molar-refractivity contribution in [2.24, 2.45) is 5.10 Å². The number of nitrogens with zero attached hydrogens (tertiary/aromatic N) is 2. The van der Waals surface area contributed by atoms with Crippen LogP contribution in [0.15, 0.2) is 65.8 Å². The van der Waals surface area contributed by atoms with Crippen molar-refractivity contribution in [3.8, 4) is 23.3 Å². The highest BCUT2D eigenvalue weighted by atomic mass is 127. The number of hydrazone groups is 1. The third-order valence-corrected chi connectivity index (χ3v) is 6.04. The van der Waals surface area contributed by atoms with E-state index in [1.165, 1.54) is 13.3 Å². The molecular formula is C27H25IN4O5. The molecule has 0 heterocycles. The molecule has 0 saturated heterocycles. The molecule has 3 rings (SSSR count). The van der Waals surface area contributed by atoms with Gasteiger partial charge < -0.3 is 19.5 Å². The number of nitrogens with one attached hydrogen (secondary N) is 2. The third kappa shape index (κ3) is 7.44. The first kappa shape index (κ1) is 27.5. The van der Waals surface area contributed by atoms with E-state index in [0.29, 0.717) is 33.9 Å². The minimum atomic E-state index is -0.812. The summed E-state index contributed by atoms with van der Waals surface area (Å²) in [5.41, 5.74) is 4.82. The van der Waals surface area contributed by atoms with Crippen molar-refractivity contribution in [3.63, 3.8) is 0 Å². The lowest BCUT2D eigenvalue weighted by Gasteiger charge is -2.14. The SMILES string of the molecule is COc1ccc(C(=O)NC(C)C(=O)NN=Cc2cc(I)c(OCc3ccccc3C#N)c(OC)c2)cc1. The number of hydrogen-bond acceptors (Lipinski definition) is 7. The monoisotopic (exact) mass is 612 g/mol.